The largest absolute Gasteiger partial charge is 0.317 e. The second-order valence-corrected chi connectivity index (χ2v) is 5.21. The van der Waals surface area contributed by atoms with Gasteiger partial charge in [0.05, 0.1) is 6.26 Å². The third-order valence-corrected chi connectivity index (χ3v) is 3.63. The van der Waals surface area contributed by atoms with Crippen LogP contribution in [0.1, 0.15) is 26.7 Å². The minimum atomic E-state index is -2.95. The van der Waals surface area contributed by atoms with Gasteiger partial charge < -0.3 is 5.32 Å². The summed E-state index contributed by atoms with van der Waals surface area (Å²) in [6.45, 7) is 5.31. The van der Waals surface area contributed by atoms with Crippen LogP contribution in [0.3, 0.4) is 0 Å². The van der Waals surface area contributed by atoms with Gasteiger partial charge in [0.1, 0.15) is 0 Å². The Morgan fingerprint density at radius 3 is 1.93 bits per heavy atom. The molecule has 5 heteroatoms. The molecule has 4 nitrogen and oxygen atoms in total. The highest BCUT2D eigenvalue weighted by atomic mass is 32.2. The molecule has 1 fully saturated rings. The number of sulfonamides is 1. The molecule has 0 aliphatic carbocycles. The predicted molar refractivity (Wildman–Crippen MR) is 59.8 cm³/mol. The van der Waals surface area contributed by atoms with Crippen molar-refractivity contribution in [1.82, 2.24) is 9.62 Å². The van der Waals surface area contributed by atoms with E-state index in [-0.39, 0.29) is 0 Å². The van der Waals surface area contributed by atoms with E-state index in [1.807, 2.05) is 20.9 Å². The van der Waals surface area contributed by atoms with Gasteiger partial charge in [-0.15, -0.1) is 0 Å². The summed E-state index contributed by atoms with van der Waals surface area (Å²) in [5.74, 6) is 0. The third-order valence-electron chi connectivity index (χ3n) is 2.33. The first-order chi connectivity index (χ1) is 6.54. The van der Waals surface area contributed by atoms with E-state index >= 15 is 0 Å². The highest BCUT2D eigenvalue weighted by molar-refractivity contribution is 7.88. The van der Waals surface area contributed by atoms with E-state index in [0.717, 1.165) is 12.8 Å². The molecular formula is C9H22N2O2S. The Kier molecular flexibility index (Phi) is 6.31. The Morgan fingerprint density at radius 2 is 1.64 bits per heavy atom. The molecule has 0 radical (unpaired) electrons. The Hall–Kier alpha value is -0.130. The highest BCUT2D eigenvalue weighted by Gasteiger charge is 2.23. The van der Waals surface area contributed by atoms with E-state index in [9.17, 15) is 8.42 Å². The number of nitrogens with zero attached hydrogens (tertiary/aromatic N) is 1. The normalized spacial score (nSPS) is 20.0. The number of hydrogen-bond donors (Lipinski definition) is 1. The van der Waals surface area contributed by atoms with Crippen LogP contribution in [0.15, 0.2) is 0 Å². The molecule has 0 atom stereocenters. The second kappa shape index (κ2) is 6.37. The van der Waals surface area contributed by atoms with Crippen LogP contribution in [0, 0.1) is 0 Å². The topological polar surface area (TPSA) is 49.4 Å². The Balaban J connectivity index is 0.000000791. The van der Waals surface area contributed by atoms with E-state index in [4.69, 9.17) is 0 Å². The second-order valence-electron chi connectivity index (χ2n) is 3.22. The average Bonchev–Trinajstić information content (AvgIpc) is 2.20. The number of piperidine rings is 1. The van der Waals surface area contributed by atoms with Crippen LogP contribution in [0.25, 0.3) is 0 Å². The molecular weight excluding hydrogens is 200 g/mol. The SMILES string of the molecule is CC.CNC1CCN(S(C)(=O)=O)CC1. The summed E-state index contributed by atoms with van der Waals surface area (Å²) >= 11 is 0. The summed E-state index contributed by atoms with van der Waals surface area (Å²) in [4.78, 5) is 0. The van der Waals surface area contributed by atoms with Crippen molar-refractivity contribution in [2.75, 3.05) is 26.4 Å². The first-order valence-electron chi connectivity index (χ1n) is 5.16. The van der Waals surface area contributed by atoms with Gasteiger partial charge in [-0.1, -0.05) is 13.8 Å². The maximum absolute atomic E-state index is 11.1. The van der Waals surface area contributed by atoms with Gasteiger partial charge in [0.15, 0.2) is 0 Å². The van der Waals surface area contributed by atoms with Crippen LogP contribution in [-0.2, 0) is 10.0 Å². The molecule has 1 saturated heterocycles. The number of hydrogen-bond acceptors (Lipinski definition) is 3. The molecule has 0 aromatic heterocycles. The zero-order valence-corrected chi connectivity index (χ0v) is 10.4. The summed E-state index contributed by atoms with van der Waals surface area (Å²) < 4.78 is 23.7. The first kappa shape index (κ1) is 13.9. The van der Waals surface area contributed by atoms with Gasteiger partial charge in [-0.2, -0.15) is 0 Å². The predicted octanol–water partition coefficient (Wildman–Crippen LogP) is 0.656. The Morgan fingerprint density at radius 1 is 1.21 bits per heavy atom. The van der Waals surface area contributed by atoms with E-state index in [1.165, 1.54) is 6.26 Å². The monoisotopic (exact) mass is 222 g/mol. The first-order valence-corrected chi connectivity index (χ1v) is 7.01. The number of nitrogens with one attached hydrogen (secondary N) is 1. The standard InChI is InChI=1S/C7H16N2O2S.C2H6/c1-8-7-3-5-9(6-4-7)12(2,10)11;1-2/h7-8H,3-6H2,1-2H3;1-2H3. The van der Waals surface area contributed by atoms with E-state index < -0.39 is 10.0 Å². The lowest BCUT2D eigenvalue weighted by atomic mass is 10.1. The van der Waals surface area contributed by atoms with E-state index in [1.54, 1.807) is 4.31 Å². The molecule has 0 saturated carbocycles. The van der Waals surface area contributed by atoms with Crippen LogP contribution in [0.4, 0.5) is 0 Å². The quantitative estimate of drug-likeness (QED) is 0.746. The van der Waals surface area contributed by atoms with Crippen LogP contribution in [-0.4, -0.2) is 45.2 Å². The van der Waals surface area contributed by atoms with E-state index in [2.05, 4.69) is 5.32 Å². The van der Waals surface area contributed by atoms with Crippen LogP contribution in [0.2, 0.25) is 0 Å². The molecule has 0 bridgehead atoms. The zero-order chi connectivity index (χ0) is 11.2. The van der Waals surface area contributed by atoms with Gasteiger partial charge in [0, 0.05) is 19.1 Å². The van der Waals surface area contributed by atoms with Gasteiger partial charge in [0.25, 0.3) is 0 Å². The van der Waals surface area contributed by atoms with Gasteiger partial charge in [-0.25, -0.2) is 12.7 Å². The molecule has 0 unspecified atom stereocenters. The third kappa shape index (κ3) is 4.39. The fourth-order valence-corrected chi connectivity index (χ4v) is 2.35. The summed E-state index contributed by atoms with van der Waals surface area (Å²) in [6, 6.07) is 0.489. The van der Waals surface area contributed by atoms with Crippen molar-refractivity contribution < 1.29 is 8.42 Å². The van der Waals surface area contributed by atoms with Crippen LogP contribution < -0.4 is 5.32 Å². The van der Waals surface area contributed by atoms with Gasteiger partial charge in [0.2, 0.25) is 10.0 Å². The van der Waals surface area contributed by atoms with Gasteiger partial charge in [-0.05, 0) is 19.9 Å². The lowest BCUT2D eigenvalue weighted by Gasteiger charge is -2.29. The summed E-state index contributed by atoms with van der Waals surface area (Å²) in [6.07, 6.45) is 3.11. The molecule has 1 rings (SSSR count). The summed E-state index contributed by atoms with van der Waals surface area (Å²) in [5, 5.41) is 3.15. The van der Waals surface area contributed by atoms with Crippen molar-refractivity contribution in [3.63, 3.8) is 0 Å². The summed E-state index contributed by atoms with van der Waals surface area (Å²) in [5.41, 5.74) is 0. The lowest BCUT2D eigenvalue weighted by Crippen LogP contribution is -2.43. The molecule has 1 aliphatic rings. The van der Waals surface area contributed by atoms with Crippen molar-refractivity contribution in [3.8, 4) is 0 Å². The van der Waals surface area contributed by atoms with Gasteiger partial charge >= 0.3 is 0 Å². The highest BCUT2D eigenvalue weighted by Crippen LogP contribution is 2.12. The van der Waals surface area contributed by atoms with Crippen molar-refractivity contribution in [3.05, 3.63) is 0 Å². The Labute approximate surface area is 87.7 Å². The molecule has 0 aromatic rings. The van der Waals surface area contributed by atoms with E-state index in [0.29, 0.717) is 19.1 Å². The molecule has 0 amide bonds. The Bertz CT molecular complexity index is 231. The zero-order valence-electron chi connectivity index (χ0n) is 9.58. The van der Waals surface area contributed by atoms with Crippen molar-refractivity contribution in [1.29, 1.82) is 0 Å². The molecule has 0 spiro atoms. The molecule has 0 aromatic carbocycles. The smallest absolute Gasteiger partial charge is 0.211 e. The fourth-order valence-electron chi connectivity index (χ4n) is 1.48. The average molecular weight is 222 g/mol. The molecule has 1 heterocycles. The van der Waals surface area contributed by atoms with Crippen molar-refractivity contribution in [2.45, 2.75) is 32.7 Å². The molecule has 86 valence electrons. The molecule has 14 heavy (non-hydrogen) atoms. The molecule has 1 N–H and O–H groups in total. The van der Waals surface area contributed by atoms with Gasteiger partial charge in [-0.3, -0.25) is 0 Å². The number of rotatable bonds is 2. The van der Waals surface area contributed by atoms with Crippen molar-refractivity contribution in [2.24, 2.45) is 0 Å². The summed E-state index contributed by atoms with van der Waals surface area (Å²) in [7, 11) is -1.03. The maximum atomic E-state index is 11.1. The molecule has 1 aliphatic heterocycles. The van der Waals surface area contributed by atoms with Crippen LogP contribution >= 0.6 is 0 Å². The van der Waals surface area contributed by atoms with Crippen molar-refractivity contribution >= 4 is 10.0 Å². The minimum Gasteiger partial charge on any atom is -0.317 e. The maximum Gasteiger partial charge on any atom is 0.211 e. The van der Waals surface area contributed by atoms with Crippen LogP contribution in [0.5, 0.6) is 0 Å². The minimum absolute atomic E-state index is 0.489. The lowest BCUT2D eigenvalue weighted by molar-refractivity contribution is 0.300. The fraction of sp³-hybridized carbons (Fsp3) is 1.00.